The van der Waals surface area contributed by atoms with E-state index in [4.69, 9.17) is 0 Å². The summed E-state index contributed by atoms with van der Waals surface area (Å²) in [5, 5.41) is 0. The molecule has 1 unspecified atom stereocenters. The normalized spacial score (nSPS) is 21.9. The summed E-state index contributed by atoms with van der Waals surface area (Å²) in [6.45, 7) is 0. The highest BCUT2D eigenvalue weighted by molar-refractivity contribution is 8.15. The van der Waals surface area contributed by atoms with Crippen LogP contribution >= 0.6 is 11.8 Å². The van der Waals surface area contributed by atoms with Crippen molar-refractivity contribution >= 4 is 27.4 Å². The average molecular weight is 242 g/mol. The van der Waals surface area contributed by atoms with Crippen LogP contribution in [0.4, 0.5) is 0 Å². The first-order chi connectivity index (χ1) is 7.12. The number of carbonyl (C=O) groups excluding carboxylic acids is 1. The number of carbonyl (C=O) groups is 1. The van der Waals surface area contributed by atoms with Crippen molar-refractivity contribution in [2.24, 2.45) is 0 Å². The number of ketones is 1. The highest BCUT2D eigenvalue weighted by Crippen LogP contribution is 2.31. The third-order valence-electron chi connectivity index (χ3n) is 2.23. The molecule has 1 aromatic carbocycles. The zero-order valence-corrected chi connectivity index (χ0v) is 9.55. The maximum Gasteiger partial charge on any atom is 0.197 e. The zero-order chi connectivity index (χ0) is 10.9. The van der Waals surface area contributed by atoms with Crippen molar-refractivity contribution in [3.05, 3.63) is 30.3 Å². The smallest absolute Gasteiger partial charge is 0.197 e. The molecule has 1 saturated heterocycles. The van der Waals surface area contributed by atoms with Crippen molar-refractivity contribution in [2.45, 2.75) is 15.9 Å². The van der Waals surface area contributed by atoms with E-state index in [0.29, 0.717) is 12.2 Å². The fourth-order valence-corrected chi connectivity index (χ4v) is 4.90. The topological polar surface area (TPSA) is 51.2 Å². The molecule has 1 aromatic rings. The van der Waals surface area contributed by atoms with E-state index in [-0.39, 0.29) is 10.7 Å². The predicted molar refractivity (Wildman–Crippen MR) is 59.5 cm³/mol. The van der Waals surface area contributed by atoms with Crippen LogP contribution in [0.5, 0.6) is 0 Å². The SMILES string of the molecule is O=C1CCSC1S(=O)(=O)c1ccccc1. The van der Waals surface area contributed by atoms with Crippen molar-refractivity contribution in [3.63, 3.8) is 0 Å². The average Bonchev–Trinajstić information content (AvgIpc) is 2.66. The second-order valence-corrected chi connectivity index (χ2v) is 6.82. The van der Waals surface area contributed by atoms with Crippen LogP contribution in [0.25, 0.3) is 0 Å². The number of rotatable bonds is 2. The summed E-state index contributed by atoms with van der Waals surface area (Å²) in [6.07, 6.45) is 0.362. The molecule has 0 bridgehead atoms. The maximum absolute atomic E-state index is 12.0. The summed E-state index contributed by atoms with van der Waals surface area (Å²) >= 11 is 1.21. The molecule has 80 valence electrons. The van der Waals surface area contributed by atoms with E-state index in [1.807, 2.05) is 0 Å². The first-order valence-corrected chi connectivity index (χ1v) is 7.15. The summed E-state index contributed by atoms with van der Waals surface area (Å²) in [5.74, 6) is 0.430. The van der Waals surface area contributed by atoms with Crippen LogP contribution in [0.3, 0.4) is 0 Å². The third kappa shape index (κ3) is 1.94. The summed E-state index contributed by atoms with van der Waals surface area (Å²) in [4.78, 5) is 11.6. The molecule has 1 aliphatic heterocycles. The van der Waals surface area contributed by atoms with E-state index in [2.05, 4.69) is 0 Å². The van der Waals surface area contributed by atoms with Gasteiger partial charge in [0.25, 0.3) is 0 Å². The number of hydrogen-bond acceptors (Lipinski definition) is 4. The molecule has 1 atom stereocenters. The minimum Gasteiger partial charge on any atom is -0.297 e. The van der Waals surface area contributed by atoms with Crippen LogP contribution in [0.2, 0.25) is 0 Å². The van der Waals surface area contributed by atoms with Gasteiger partial charge in [-0.1, -0.05) is 18.2 Å². The minimum atomic E-state index is -3.47. The Kier molecular flexibility index (Phi) is 2.84. The lowest BCUT2D eigenvalue weighted by molar-refractivity contribution is -0.116. The lowest BCUT2D eigenvalue weighted by Gasteiger charge is -2.08. The highest BCUT2D eigenvalue weighted by atomic mass is 32.3. The van der Waals surface area contributed by atoms with Crippen molar-refractivity contribution in [1.29, 1.82) is 0 Å². The number of thioether (sulfide) groups is 1. The van der Waals surface area contributed by atoms with Crippen LogP contribution < -0.4 is 0 Å². The molecule has 1 heterocycles. The van der Waals surface area contributed by atoms with E-state index >= 15 is 0 Å². The zero-order valence-electron chi connectivity index (χ0n) is 7.92. The molecular weight excluding hydrogens is 232 g/mol. The molecule has 5 heteroatoms. The first-order valence-electron chi connectivity index (χ1n) is 4.55. The standard InChI is InChI=1S/C10H10O3S2/c11-9-6-7-14-10(9)15(12,13)8-4-2-1-3-5-8/h1-5,10H,6-7H2. The van der Waals surface area contributed by atoms with Gasteiger partial charge in [0.2, 0.25) is 0 Å². The largest absolute Gasteiger partial charge is 0.297 e. The monoisotopic (exact) mass is 242 g/mol. The molecule has 2 rings (SSSR count). The van der Waals surface area contributed by atoms with Gasteiger partial charge in [-0.2, -0.15) is 0 Å². The fraction of sp³-hybridized carbons (Fsp3) is 0.300. The predicted octanol–water partition coefficient (Wildman–Crippen LogP) is 1.49. The Bertz CT molecular complexity index is 465. The van der Waals surface area contributed by atoms with Gasteiger partial charge in [-0.05, 0) is 12.1 Å². The van der Waals surface area contributed by atoms with Gasteiger partial charge in [0.1, 0.15) is 0 Å². The van der Waals surface area contributed by atoms with E-state index < -0.39 is 14.4 Å². The molecule has 3 nitrogen and oxygen atoms in total. The Labute approximate surface area is 92.8 Å². The van der Waals surface area contributed by atoms with Crippen molar-refractivity contribution < 1.29 is 13.2 Å². The minimum absolute atomic E-state index is 0.177. The van der Waals surface area contributed by atoms with Gasteiger partial charge >= 0.3 is 0 Å². The van der Waals surface area contributed by atoms with E-state index in [9.17, 15) is 13.2 Å². The molecular formula is C10H10O3S2. The first kappa shape index (κ1) is 10.7. The number of hydrogen-bond donors (Lipinski definition) is 0. The van der Waals surface area contributed by atoms with Gasteiger partial charge in [0, 0.05) is 12.2 Å². The van der Waals surface area contributed by atoms with Crippen LogP contribution in [0, 0.1) is 0 Å². The maximum atomic E-state index is 12.0. The van der Waals surface area contributed by atoms with Gasteiger partial charge in [-0.25, -0.2) is 8.42 Å². The van der Waals surface area contributed by atoms with Crippen LogP contribution in [0.15, 0.2) is 35.2 Å². The summed E-state index contributed by atoms with van der Waals surface area (Å²) in [5.41, 5.74) is 0. The molecule has 15 heavy (non-hydrogen) atoms. The molecule has 1 aliphatic rings. The Morgan fingerprint density at radius 2 is 1.87 bits per heavy atom. The third-order valence-corrected chi connectivity index (χ3v) is 6.16. The molecule has 0 saturated carbocycles. The summed E-state index contributed by atoms with van der Waals surface area (Å²) in [6, 6.07) is 8.14. The Hall–Kier alpha value is -0.810. The molecule has 0 aliphatic carbocycles. The number of Topliss-reactive ketones (excluding diaryl/α,β-unsaturated/α-hetero) is 1. The van der Waals surface area contributed by atoms with Gasteiger partial charge in [-0.15, -0.1) is 11.8 Å². The highest BCUT2D eigenvalue weighted by Gasteiger charge is 2.37. The summed E-state index contributed by atoms with van der Waals surface area (Å²) in [7, 11) is -3.47. The van der Waals surface area contributed by atoms with Crippen LogP contribution in [0.1, 0.15) is 6.42 Å². The lowest BCUT2D eigenvalue weighted by atomic mass is 10.4. The number of sulfone groups is 1. The number of benzene rings is 1. The molecule has 0 N–H and O–H groups in total. The lowest BCUT2D eigenvalue weighted by Crippen LogP contribution is -2.22. The summed E-state index contributed by atoms with van der Waals surface area (Å²) < 4.78 is 23.1. The molecule has 0 amide bonds. The second kappa shape index (κ2) is 3.98. The fourth-order valence-electron chi connectivity index (χ4n) is 1.47. The Morgan fingerprint density at radius 3 is 2.40 bits per heavy atom. The second-order valence-electron chi connectivity index (χ2n) is 3.28. The van der Waals surface area contributed by atoms with Gasteiger partial charge in [0.15, 0.2) is 20.2 Å². The van der Waals surface area contributed by atoms with Crippen molar-refractivity contribution in [3.8, 4) is 0 Å². The molecule has 1 fully saturated rings. The Balaban J connectivity index is 2.40. The van der Waals surface area contributed by atoms with Crippen LogP contribution in [-0.4, -0.2) is 24.5 Å². The molecule has 0 spiro atoms. The van der Waals surface area contributed by atoms with Gasteiger partial charge in [-0.3, -0.25) is 4.79 Å². The van der Waals surface area contributed by atoms with Crippen LogP contribution in [-0.2, 0) is 14.6 Å². The van der Waals surface area contributed by atoms with E-state index in [1.165, 1.54) is 23.9 Å². The van der Waals surface area contributed by atoms with Gasteiger partial charge < -0.3 is 0 Å². The van der Waals surface area contributed by atoms with E-state index in [1.54, 1.807) is 18.2 Å². The van der Waals surface area contributed by atoms with Crippen molar-refractivity contribution in [1.82, 2.24) is 0 Å². The van der Waals surface area contributed by atoms with Crippen molar-refractivity contribution in [2.75, 3.05) is 5.75 Å². The van der Waals surface area contributed by atoms with Gasteiger partial charge in [0.05, 0.1) is 4.90 Å². The molecule has 0 aromatic heterocycles. The quantitative estimate of drug-likeness (QED) is 0.788. The van der Waals surface area contributed by atoms with E-state index in [0.717, 1.165) is 0 Å². The molecule has 0 radical (unpaired) electrons. The Morgan fingerprint density at radius 1 is 1.20 bits per heavy atom.